The van der Waals surface area contributed by atoms with Gasteiger partial charge in [-0.25, -0.2) is 4.98 Å². The number of carbonyl (C=O) groups excluding carboxylic acids is 2. The normalized spacial score (nSPS) is 11.4. The van der Waals surface area contributed by atoms with Crippen LogP contribution in [0.3, 0.4) is 0 Å². The van der Waals surface area contributed by atoms with Crippen LogP contribution in [0.4, 0.5) is 5.82 Å². The minimum absolute atomic E-state index is 0.0724. The van der Waals surface area contributed by atoms with Crippen LogP contribution in [0.25, 0.3) is 0 Å². The molecule has 0 bridgehead atoms. The molecule has 1 unspecified atom stereocenters. The zero-order valence-electron chi connectivity index (χ0n) is 17.0. The van der Waals surface area contributed by atoms with Crippen molar-refractivity contribution in [3.05, 3.63) is 83.8 Å². The van der Waals surface area contributed by atoms with Crippen molar-refractivity contribution in [1.82, 2.24) is 15.3 Å². The van der Waals surface area contributed by atoms with Crippen LogP contribution in [0.1, 0.15) is 36.1 Å². The maximum atomic E-state index is 12.7. The molecule has 0 aliphatic heterocycles. The fourth-order valence-corrected chi connectivity index (χ4v) is 2.91. The van der Waals surface area contributed by atoms with Crippen molar-refractivity contribution in [2.45, 2.75) is 32.9 Å². The van der Waals surface area contributed by atoms with Gasteiger partial charge >= 0.3 is 0 Å². The summed E-state index contributed by atoms with van der Waals surface area (Å²) >= 11 is 0. The fourth-order valence-electron chi connectivity index (χ4n) is 2.91. The SMILES string of the molecule is CC(=O)NC(CC(=O)Nc1ncccc1OCc1ccncc1)c1ccc(C)cc1. The van der Waals surface area contributed by atoms with Gasteiger partial charge < -0.3 is 15.4 Å². The highest BCUT2D eigenvalue weighted by molar-refractivity contribution is 5.92. The van der Waals surface area contributed by atoms with Crippen LogP contribution >= 0.6 is 0 Å². The number of carbonyl (C=O) groups is 2. The maximum Gasteiger partial charge on any atom is 0.228 e. The van der Waals surface area contributed by atoms with Crippen LogP contribution < -0.4 is 15.4 Å². The van der Waals surface area contributed by atoms with Gasteiger partial charge in [0.25, 0.3) is 0 Å². The highest BCUT2D eigenvalue weighted by Crippen LogP contribution is 2.24. The Labute approximate surface area is 175 Å². The standard InChI is InChI=1S/C23H24N4O3/c1-16-5-7-19(8-6-16)20(26-17(2)28)14-22(29)27-23-21(4-3-11-25-23)30-15-18-9-12-24-13-10-18/h3-13,20H,14-15H2,1-2H3,(H,26,28)(H,25,27,29). The van der Waals surface area contributed by atoms with E-state index in [-0.39, 0.29) is 18.2 Å². The van der Waals surface area contributed by atoms with Gasteiger partial charge in [-0.15, -0.1) is 0 Å². The Morgan fingerprint density at radius 3 is 2.47 bits per heavy atom. The molecule has 0 fully saturated rings. The lowest BCUT2D eigenvalue weighted by molar-refractivity contribution is -0.120. The van der Waals surface area contributed by atoms with Crippen LogP contribution in [-0.4, -0.2) is 21.8 Å². The Hall–Kier alpha value is -3.74. The predicted molar refractivity (Wildman–Crippen MR) is 114 cm³/mol. The first-order valence-corrected chi connectivity index (χ1v) is 9.61. The van der Waals surface area contributed by atoms with E-state index in [0.29, 0.717) is 18.2 Å². The third kappa shape index (κ3) is 6.13. The molecule has 0 aliphatic carbocycles. The van der Waals surface area contributed by atoms with Gasteiger partial charge in [0, 0.05) is 25.5 Å². The number of hydrogen-bond acceptors (Lipinski definition) is 5. The van der Waals surface area contributed by atoms with E-state index in [2.05, 4.69) is 20.6 Å². The van der Waals surface area contributed by atoms with Crippen molar-refractivity contribution in [1.29, 1.82) is 0 Å². The summed E-state index contributed by atoms with van der Waals surface area (Å²) in [4.78, 5) is 32.5. The molecule has 0 saturated carbocycles. The first-order valence-electron chi connectivity index (χ1n) is 9.61. The minimum atomic E-state index is -0.437. The number of hydrogen-bond donors (Lipinski definition) is 2. The van der Waals surface area contributed by atoms with Crippen LogP contribution in [0.5, 0.6) is 5.75 Å². The number of amides is 2. The van der Waals surface area contributed by atoms with Crippen LogP contribution in [0.15, 0.2) is 67.1 Å². The molecule has 7 nitrogen and oxygen atoms in total. The maximum absolute atomic E-state index is 12.7. The molecule has 2 N–H and O–H groups in total. The summed E-state index contributed by atoms with van der Waals surface area (Å²) < 4.78 is 5.82. The highest BCUT2D eigenvalue weighted by Gasteiger charge is 2.18. The minimum Gasteiger partial charge on any atom is -0.485 e. The number of anilines is 1. The molecule has 3 aromatic rings. The van der Waals surface area contributed by atoms with Crippen molar-refractivity contribution in [3.63, 3.8) is 0 Å². The van der Waals surface area contributed by atoms with E-state index in [0.717, 1.165) is 16.7 Å². The van der Waals surface area contributed by atoms with Gasteiger partial charge in [0.2, 0.25) is 11.8 Å². The Kier molecular flexibility index (Phi) is 7.10. The van der Waals surface area contributed by atoms with Gasteiger partial charge in [0.1, 0.15) is 6.61 Å². The van der Waals surface area contributed by atoms with E-state index in [4.69, 9.17) is 4.74 Å². The number of benzene rings is 1. The smallest absolute Gasteiger partial charge is 0.228 e. The molecular formula is C23H24N4O3. The summed E-state index contributed by atoms with van der Waals surface area (Å²) in [6.07, 6.45) is 5.04. The molecule has 1 aromatic carbocycles. The zero-order chi connectivity index (χ0) is 21.3. The molecule has 7 heteroatoms. The second-order valence-electron chi connectivity index (χ2n) is 6.91. The fraction of sp³-hybridized carbons (Fsp3) is 0.217. The highest BCUT2D eigenvalue weighted by atomic mass is 16.5. The monoisotopic (exact) mass is 404 g/mol. The van der Waals surface area contributed by atoms with Gasteiger partial charge in [-0.1, -0.05) is 29.8 Å². The van der Waals surface area contributed by atoms with Gasteiger partial charge in [0.05, 0.1) is 12.5 Å². The van der Waals surface area contributed by atoms with Gasteiger partial charge in [0.15, 0.2) is 11.6 Å². The molecule has 154 valence electrons. The number of nitrogens with one attached hydrogen (secondary N) is 2. The average Bonchev–Trinajstić information content (AvgIpc) is 2.73. The van der Waals surface area contributed by atoms with E-state index >= 15 is 0 Å². The Morgan fingerprint density at radius 2 is 1.77 bits per heavy atom. The third-order valence-corrected chi connectivity index (χ3v) is 4.42. The lowest BCUT2D eigenvalue weighted by Crippen LogP contribution is -2.30. The number of aromatic nitrogens is 2. The van der Waals surface area contributed by atoms with Crippen molar-refractivity contribution in [2.24, 2.45) is 0 Å². The van der Waals surface area contributed by atoms with E-state index in [1.165, 1.54) is 6.92 Å². The Bertz CT molecular complexity index is 991. The van der Waals surface area contributed by atoms with E-state index < -0.39 is 6.04 Å². The predicted octanol–water partition coefficient (Wildman–Crippen LogP) is 3.57. The first-order chi connectivity index (χ1) is 14.5. The second kappa shape index (κ2) is 10.2. The molecule has 2 aromatic heterocycles. The molecule has 0 saturated heterocycles. The molecule has 0 radical (unpaired) electrons. The average molecular weight is 404 g/mol. The largest absolute Gasteiger partial charge is 0.485 e. The summed E-state index contributed by atoms with van der Waals surface area (Å²) in [6, 6.07) is 14.5. The van der Waals surface area contributed by atoms with Gasteiger partial charge in [-0.05, 0) is 42.3 Å². The van der Waals surface area contributed by atoms with Gasteiger partial charge in [-0.3, -0.25) is 14.6 Å². The number of nitrogens with zero attached hydrogens (tertiary/aromatic N) is 2. The number of aryl methyl sites for hydroxylation is 1. The number of ether oxygens (including phenoxy) is 1. The van der Waals surface area contributed by atoms with Crippen LogP contribution in [0.2, 0.25) is 0 Å². The molecule has 0 aliphatic rings. The van der Waals surface area contributed by atoms with Crippen molar-refractivity contribution in [2.75, 3.05) is 5.32 Å². The quantitative estimate of drug-likeness (QED) is 0.599. The number of pyridine rings is 2. The molecule has 3 rings (SSSR count). The third-order valence-electron chi connectivity index (χ3n) is 4.42. The first kappa shape index (κ1) is 21.0. The summed E-state index contributed by atoms with van der Waals surface area (Å²) in [5.74, 6) is 0.325. The van der Waals surface area contributed by atoms with E-state index in [1.807, 2.05) is 43.3 Å². The molecule has 0 spiro atoms. The van der Waals surface area contributed by atoms with E-state index in [9.17, 15) is 9.59 Å². The molecule has 2 heterocycles. The van der Waals surface area contributed by atoms with Crippen molar-refractivity contribution < 1.29 is 14.3 Å². The van der Waals surface area contributed by atoms with Crippen LogP contribution in [-0.2, 0) is 16.2 Å². The summed E-state index contributed by atoms with van der Waals surface area (Å²) in [7, 11) is 0. The summed E-state index contributed by atoms with van der Waals surface area (Å²) in [5.41, 5.74) is 2.92. The summed E-state index contributed by atoms with van der Waals surface area (Å²) in [6.45, 7) is 3.75. The lowest BCUT2D eigenvalue weighted by atomic mass is 10.0. The Morgan fingerprint density at radius 1 is 1.03 bits per heavy atom. The van der Waals surface area contributed by atoms with Crippen molar-refractivity contribution in [3.8, 4) is 5.75 Å². The Balaban J connectivity index is 1.68. The zero-order valence-corrected chi connectivity index (χ0v) is 17.0. The number of rotatable bonds is 8. The topological polar surface area (TPSA) is 93.2 Å². The lowest BCUT2D eigenvalue weighted by Gasteiger charge is -2.19. The molecule has 1 atom stereocenters. The summed E-state index contributed by atoms with van der Waals surface area (Å²) in [5, 5.41) is 5.63. The second-order valence-corrected chi connectivity index (χ2v) is 6.91. The molecule has 2 amide bonds. The molecular weight excluding hydrogens is 380 g/mol. The molecule has 30 heavy (non-hydrogen) atoms. The van der Waals surface area contributed by atoms with Gasteiger partial charge in [-0.2, -0.15) is 0 Å². The van der Waals surface area contributed by atoms with E-state index in [1.54, 1.807) is 30.7 Å². The van der Waals surface area contributed by atoms with Crippen LogP contribution in [0, 0.1) is 6.92 Å². The van der Waals surface area contributed by atoms with Crippen molar-refractivity contribution >= 4 is 17.6 Å².